The minimum absolute atomic E-state index is 0.161. The summed E-state index contributed by atoms with van der Waals surface area (Å²) < 4.78 is 0. The summed E-state index contributed by atoms with van der Waals surface area (Å²) in [7, 11) is 0. The van der Waals surface area contributed by atoms with Crippen LogP contribution in [0.3, 0.4) is 0 Å². The first kappa shape index (κ1) is 8.44. The third-order valence-corrected chi connectivity index (χ3v) is 1.00. The average molecular weight is 126 g/mol. The zero-order valence-corrected chi connectivity index (χ0v) is 6.09. The Bertz CT molecular complexity index is 112. The lowest BCUT2D eigenvalue weighted by Gasteiger charge is -1.87. The van der Waals surface area contributed by atoms with Crippen LogP contribution in [0, 0.1) is 0 Å². The highest BCUT2D eigenvalue weighted by molar-refractivity contribution is 5.10. The molecule has 9 heavy (non-hydrogen) atoms. The minimum atomic E-state index is 0.161. The zero-order valence-electron chi connectivity index (χ0n) is 6.09. The largest absolute Gasteiger partial charge is 0.392 e. The number of rotatable bonds is 3. The Kier molecular flexibility index (Phi) is 5.23. The monoisotopic (exact) mass is 126 g/mol. The third kappa shape index (κ3) is 5.31. The Hall–Kier alpha value is -0.560. The highest BCUT2D eigenvalue weighted by Gasteiger charge is 1.77. The molecule has 1 heteroatoms. The second kappa shape index (κ2) is 5.57. The van der Waals surface area contributed by atoms with Crippen molar-refractivity contribution in [1.29, 1.82) is 0 Å². The van der Waals surface area contributed by atoms with E-state index < -0.39 is 0 Å². The fourth-order valence-electron chi connectivity index (χ4n) is 0.421. The Morgan fingerprint density at radius 3 is 2.67 bits per heavy atom. The summed E-state index contributed by atoms with van der Waals surface area (Å²) in [6.45, 7) is 4.15. The summed E-state index contributed by atoms with van der Waals surface area (Å²) in [5.74, 6) is 0. The van der Waals surface area contributed by atoms with E-state index in [1.165, 1.54) is 0 Å². The van der Waals surface area contributed by atoms with E-state index in [4.69, 9.17) is 5.11 Å². The van der Waals surface area contributed by atoms with E-state index in [0.29, 0.717) is 0 Å². The molecule has 0 aromatic heterocycles. The molecule has 0 saturated carbocycles. The number of hydrogen-bond donors (Lipinski definition) is 1. The fraction of sp³-hybridized carbons (Fsp3) is 0.500. The van der Waals surface area contributed by atoms with Crippen molar-refractivity contribution in [1.82, 2.24) is 0 Å². The standard InChI is InChI=1S/C8H14O/c1-3-4-5-6-8(2)7-9/h4-6,9H,3,7H2,1-2H3. The van der Waals surface area contributed by atoms with Crippen LogP contribution in [0.15, 0.2) is 23.8 Å². The fourth-order valence-corrected chi connectivity index (χ4v) is 0.421. The van der Waals surface area contributed by atoms with Gasteiger partial charge in [-0.05, 0) is 18.9 Å². The highest BCUT2D eigenvalue weighted by atomic mass is 16.3. The van der Waals surface area contributed by atoms with E-state index >= 15 is 0 Å². The van der Waals surface area contributed by atoms with Crippen molar-refractivity contribution in [2.45, 2.75) is 20.3 Å². The lowest BCUT2D eigenvalue weighted by molar-refractivity contribution is 0.331. The maximum absolute atomic E-state index is 8.53. The molecule has 0 aliphatic carbocycles. The lowest BCUT2D eigenvalue weighted by Crippen LogP contribution is -1.80. The molecular weight excluding hydrogens is 112 g/mol. The topological polar surface area (TPSA) is 20.2 Å². The first-order valence-electron chi connectivity index (χ1n) is 3.24. The van der Waals surface area contributed by atoms with Crippen LogP contribution >= 0.6 is 0 Å². The maximum Gasteiger partial charge on any atom is 0.0642 e. The summed E-state index contributed by atoms with van der Waals surface area (Å²) in [6.07, 6.45) is 6.99. The molecule has 0 rings (SSSR count). The second-order valence-electron chi connectivity index (χ2n) is 2.01. The van der Waals surface area contributed by atoms with Gasteiger partial charge in [0.05, 0.1) is 6.61 Å². The third-order valence-electron chi connectivity index (χ3n) is 1.00. The van der Waals surface area contributed by atoms with Gasteiger partial charge in [-0.15, -0.1) is 0 Å². The van der Waals surface area contributed by atoms with Gasteiger partial charge < -0.3 is 5.11 Å². The van der Waals surface area contributed by atoms with Crippen molar-refractivity contribution in [2.24, 2.45) is 0 Å². The van der Waals surface area contributed by atoms with Gasteiger partial charge in [-0.1, -0.05) is 25.2 Å². The molecule has 1 N–H and O–H groups in total. The van der Waals surface area contributed by atoms with E-state index in [9.17, 15) is 0 Å². The van der Waals surface area contributed by atoms with Gasteiger partial charge in [0.2, 0.25) is 0 Å². The van der Waals surface area contributed by atoms with Gasteiger partial charge in [-0.2, -0.15) is 0 Å². The van der Waals surface area contributed by atoms with Gasteiger partial charge in [0.25, 0.3) is 0 Å². The predicted octanol–water partition coefficient (Wildman–Crippen LogP) is 1.89. The van der Waals surface area contributed by atoms with Crippen molar-refractivity contribution in [2.75, 3.05) is 6.61 Å². The summed E-state index contributed by atoms with van der Waals surface area (Å²) in [6, 6.07) is 0. The van der Waals surface area contributed by atoms with Crippen molar-refractivity contribution in [3.63, 3.8) is 0 Å². The Balaban J connectivity index is 3.55. The molecule has 0 bridgehead atoms. The minimum Gasteiger partial charge on any atom is -0.392 e. The van der Waals surface area contributed by atoms with Crippen LogP contribution in [0.2, 0.25) is 0 Å². The molecule has 0 unspecified atom stereocenters. The molecule has 0 saturated heterocycles. The van der Waals surface area contributed by atoms with Gasteiger partial charge in [-0.25, -0.2) is 0 Å². The van der Waals surface area contributed by atoms with Gasteiger partial charge in [0, 0.05) is 0 Å². The zero-order chi connectivity index (χ0) is 7.11. The number of hydrogen-bond acceptors (Lipinski definition) is 1. The summed E-state index contributed by atoms with van der Waals surface area (Å²) in [4.78, 5) is 0. The van der Waals surface area contributed by atoms with Gasteiger partial charge in [0.15, 0.2) is 0 Å². The van der Waals surface area contributed by atoms with Crippen LogP contribution < -0.4 is 0 Å². The molecule has 0 aromatic rings. The van der Waals surface area contributed by atoms with Crippen LogP contribution in [0.4, 0.5) is 0 Å². The SMILES string of the molecule is CCC=CC=C(C)CO. The van der Waals surface area contributed by atoms with Gasteiger partial charge in [-0.3, -0.25) is 0 Å². The number of allylic oxidation sites excluding steroid dienone is 3. The van der Waals surface area contributed by atoms with Crippen molar-refractivity contribution >= 4 is 0 Å². The van der Waals surface area contributed by atoms with Crippen LogP contribution in [0.1, 0.15) is 20.3 Å². The number of aliphatic hydroxyl groups is 1. The summed E-state index contributed by atoms with van der Waals surface area (Å²) >= 11 is 0. The summed E-state index contributed by atoms with van der Waals surface area (Å²) in [5.41, 5.74) is 1.000. The summed E-state index contributed by atoms with van der Waals surface area (Å²) in [5, 5.41) is 8.53. The van der Waals surface area contributed by atoms with E-state index in [0.717, 1.165) is 12.0 Å². The van der Waals surface area contributed by atoms with E-state index in [2.05, 4.69) is 13.0 Å². The van der Waals surface area contributed by atoms with Crippen LogP contribution in [0.25, 0.3) is 0 Å². The van der Waals surface area contributed by atoms with Crippen LogP contribution in [0.5, 0.6) is 0 Å². The van der Waals surface area contributed by atoms with Crippen molar-refractivity contribution < 1.29 is 5.11 Å². The average Bonchev–Trinajstić information content (AvgIpc) is 1.89. The molecule has 0 aliphatic heterocycles. The second-order valence-corrected chi connectivity index (χ2v) is 2.01. The van der Waals surface area contributed by atoms with Crippen molar-refractivity contribution in [3.8, 4) is 0 Å². The molecule has 0 aliphatic rings. The molecule has 0 spiro atoms. The van der Waals surface area contributed by atoms with Crippen LogP contribution in [-0.2, 0) is 0 Å². The van der Waals surface area contributed by atoms with E-state index in [1.807, 2.05) is 19.1 Å². The molecule has 0 atom stereocenters. The van der Waals surface area contributed by atoms with Crippen molar-refractivity contribution in [3.05, 3.63) is 23.8 Å². The first-order chi connectivity index (χ1) is 4.31. The first-order valence-corrected chi connectivity index (χ1v) is 3.24. The molecule has 0 fully saturated rings. The Labute approximate surface area is 56.7 Å². The molecule has 52 valence electrons. The van der Waals surface area contributed by atoms with E-state index in [1.54, 1.807) is 0 Å². The molecule has 1 nitrogen and oxygen atoms in total. The van der Waals surface area contributed by atoms with E-state index in [-0.39, 0.29) is 6.61 Å². The van der Waals surface area contributed by atoms with Gasteiger partial charge >= 0.3 is 0 Å². The quantitative estimate of drug-likeness (QED) is 0.572. The molecule has 0 amide bonds. The number of aliphatic hydroxyl groups excluding tert-OH is 1. The highest BCUT2D eigenvalue weighted by Crippen LogP contribution is 1.90. The molecular formula is C8H14O. The normalized spacial score (nSPS) is 13.0. The van der Waals surface area contributed by atoms with Crippen LogP contribution in [-0.4, -0.2) is 11.7 Å². The molecule has 0 radical (unpaired) electrons. The molecule has 0 aromatic carbocycles. The lowest BCUT2D eigenvalue weighted by atomic mass is 10.3. The Morgan fingerprint density at radius 1 is 1.56 bits per heavy atom. The predicted molar refractivity (Wildman–Crippen MR) is 40.3 cm³/mol. The Morgan fingerprint density at radius 2 is 2.22 bits per heavy atom. The van der Waals surface area contributed by atoms with Gasteiger partial charge in [0.1, 0.15) is 0 Å². The molecule has 0 heterocycles. The maximum atomic E-state index is 8.53. The smallest absolute Gasteiger partial charge is 0.0642 e.